The summed E-state index contributed by atoms with van der Waals surface area (Å²) in [7, 11) is -3.72. The number of aromatic nitrogens is 1. The number of hydrogen-bond acceptors (Lipinski definition) is 6. The van der Waals surface area contributed by atoms with Crippen molar-refractivity contribution in [3.05, 3.63) is 28.4 Å². The SMILES string of the molecule is NC(CNS(=O)(=O)c1ccc([N+](=O)[O-])nc1)C1CC1. The van der Waals surface area contributed by atoms with Crippen molar-refractivity contribution in [2.24, 2.45) is 11.7 Å². The lowest BCUT2D eigenvalue weighted by Crippen LogP contribution is -2.38. The van der Waals surface area contributed by atoms with Crippen LogP contribution < -0.4 is 10.5 Å². The van der Waals surface area contributed by atoms with Gasteiger partial charge in [-0.05, 0) is 34.7 Å². The van der Waals surface area contributed by atoms with Gasteiger partial charge >= 0.3 is 5.82 Å². The van der Waals surface area contributed by atoms with Crippen LogP contribution >= 0.6 is 0 Å². The molecule has 1 fully saturated rings. The van der Waals surface area contributed by atoms with E-state index in [9.17, 15) is 18.5 Å². The Labute approximate surface area is 110 Å². The van der Waals surface area contributed by atoms with Gasteiger partial charge in [0.15, 0.2) is 6.20 Å². The second kappa shape index (κ2) is 5.19. The lowest BCUT2D eigenvalue weighted by atomic mass is 10.2. The van der Waals surface area contributed by atoms with Crippen LogP contribution in [0.25, 0.3) is 0 Å². The molecule has 0 spiro atoms. The Morgan fingerprint density at radius 2 is 2.21 bits per heavy atom. The average Bonchev–Trinajstić information content (AvgIpc) is 3.20. The highest BCUT2D eigenvalue weighted by Gasteiger charge is 2.29. The molecule has 19 heavy (non-hydrogen) atoms. The van der Waals surface area contributed by atoms with Crippen molar-refractivity contribution >= 4 is 15.8 Å². The predicted octanol–water partition coefficient (Wildman–Crippen LogP) is 0.00540. The first-order valence-electron chi connectivity index (χ1n) is 5.76. The smallest absolute Gasteiger partial charge is 0.358 e. The molecule has 1 saturated carbocycles. The lowest BCUT2D eigenvalue weighted by molar-refractivity contribution is -0.389. The van der Waals surface area contributed by atoms with Crippen LogP contribution in [-0.2, 0) is 10.0 Å². The van der Waals surface area contributed by atoms with Gasteiger partial charge in [0.1, 0.15) is 4.90 Å². The Bertz CT molecular complexity index is 568. The van der Waals surface area contributed by atoms with Gasteiger partial charge in [0, 0.05) is 18.7 Å². The van der Waals surface area contributed by atoms with E-state index in [-0.39, 0.29) is 17.5 Å². The number of pyridine rings is 1. The molecule has 0 radical (unpaired) electrons. The summed E-state index contributed by atoms with van der Waals surface area (Å²) in [4.78, 5) is 13.1. The third kappa shape index (κ3) is 3.46. The fraction of sp³-hybridized carbons (Fsp3) is 0.500. The van der Waals surface area contributed by atoms with Crippen molar-refractivity contribution in [3.63, 3.8) is 0 Å². The first-order chi connectivity index (χ1) is 8.90. The molecule has 1 aliphatic rings. The number of hydrogen-bond donors (Lipinski definition) is 2. The number of nitrogens with two attached hydrogens (primary N) is 1. The number of nitrogens with one attached hydrogen (secondary N) is 1. The van der Waals surface area contributed by atoms with Crippen LogP contribution in [-0.4, -0.2) is 30.9 Å². The van der Waals surface area contributed by atoms with Crippen LogP contribution in [0.4, 0.5) is 5.82 Å². The number of sulfonamides is 1. The Kier molecular flexibility index (Phi) is 3.78. The van der Waals surface area contributed by atoms with Gasteiger partial charge in [0.05, 0.1) is 0 Å². The van der Waals surface area contributed by atoms with E-state index in [1.807, 2.05) is 0 Å². The molecule has 2 rings (SSSR count). The van der Waals surface area contributed by atoms with Gasteiger partial charge in [-0.25, -0.2) is 13.1 Å². The number of nitro groups is 1. The Morgan fingerprint density at radius 1 is 1.53 bits per heavy atom. The van der Waals surface area contributed by atoms with Gasteiger partial charge in [-0.3, -0.25) is 0 Å². The summed E-state index contributed by atoms with van der Waals surface area (Å²) >= 11 is 0. The molecule has 1 unspecified atom stereocenters. The van der Waals surface area contributed by atoms with Crippen LogP contribution in [0.1, 0.15) is 12.8 Å². The summed E-state index contributed by atoms with van der Waals surface area (Å²) in [5.74, 6) is -0.00804. The van der Waals surface area contributed by atoms with Gasteiger partial charge in [-0.2, -0.15) is 0 Å². The van der Waals surface area contributed by atoms with Crippen LogP contribution in [0.5, 0.6) is 0 Å². The largest absolute Gasteiger partial charge is 0.363 e. The first-order valence-corrected chi connectivity index (χ1v) is 7.24. The molecule has 1 aromatic rings. The molecular weight excluding hydrogens is 272 g/mol. The highest BCUT2D eigenvalue weighted by molar-refractivity contribution is 7.89. The standard InChI is InChI=1S/C10H14N4O4S/c11-9(7-1-2-7)6-13-19(17,18)8-3-4-10(12-5-8)14(15)16/h3-5,7,9,13H,1-2,6,11H2. The number of nitrogens with zero attached hydrogens (tertiary/aromatic N) is 2. The van der Waals surface area contributed by atoms with Crippen molar-refractivity contribution in [1.82, 2.24) is 9.71 Å². The quantitative estimate of drug-likeness (QED) is 0.559. The summed E-state index contributed by atoms with van der Waals surface area (Å²) in [6.07, 6.45) is 3.02. The zero-order valence-corrected chi connectivity index (χ0v) is 10.8. The summed E-state index contributed by atoms with van der Waals surface area (Å²) in [6.45, 7) is 0.157. The lowest BCUT2D eigenvalue weighted by Gasteiger charge is -2.11. The van der Waals surface area contributed by atoms with Crippen molar-refractivity contribution in [1.29, 1.82) is 0 Å². The van der Waals surface area contributed by atoms with Gasteiger partial charge in [0.2, 0.25) is 10.0 Å². The summed E-state index contributed by atoms with van der Waals surface area (Å²) in [6, 6.07) is 2.01. The zero-order chi connectivity index (χ0) is 14.0. The van der Waals surface area contributed by atoms with Crippen molar-refractivity contribution in [2.45, 2.75) is 23.8 Å². The third-order valence-electron chi connectivity index (χ3n) is 2.95. The molecule has 0 saturated heterocycles. The molecule has 1 aromatic heterocycles. The molecule has 8 nitrogen and oxygen atoms in total. The summed E-state index contributed by atoms with van der Waals surface area (Å²) in [5, 5.41) is 10.4. The fourth-order valence-electron chi connectivity index (χ4n) is 1.62. The molecule has 0 bridgehead atoms. The van der Waals surface area contributed by atoms with E-state index in [1.54, 1.807) is 0 Å². The van der Waals surface area contributed by atoms with Gasteiger partial charge in [0.25, 0.3) is 0 Å². The molecular formula is C10H14N4O4S. The second-order valence-corrected chi connectivity index (χ2v) is 6.23. The molecule has 104 valence electrons. The Balaban J connectivity index is 2.03. The molecule has 9 heteroatoms. The molecule has 3 N–H and O–H groups in total. The van der Waals surface area contributed by atoms with E-state index < -0.39 is 20.8 Å². The molecule has 0 aromatic carbocycles. The predicted molar refractivity (Wildman–Crippen MR) is 66.8 cm³/mol. The fourth-order valence-corrected chi connectivity index (χ4v) is 2.64. The normalized spacial score (nSPS) is 17.1. The van der Waals surface area contributed by atoms with Crippen LogP contribution in [0.3, 0.4) is 0 Å². The Morgan fingerprint density at radius 3 is 2.68 bits per heavy atom. The van der Waals surface area contributed by atoms with Crippen molar-refractivity contribution in [2.75, 3.05) is 6.54 Å². The van der Waals surface area contributed by atoms with Gasteiger partial charge in [-0.1, -0.05) is 0 Å². The monoisotopic (exact) mass is 286 g/mol. The van der Waals surface area contributed by atoms with Gasteiger partial charge < -0.3 is 15.8 Å². The van der Waals surface area contributed by atoms with Crippen LogP contribution in [0.2, 0.25) is 0 Å². The third-order valence-corrected chi connectivity index (χ3v) is 4.36. The second-order valence-electron chi connectivity index (χ2n) is 4.46. The van der Waals surface area contributed by atoms with E-state index in [2.05, 4.69) is 9.71 Å². The van der Waals surface area contributed by atoms with E-state index >= 15 is 0 Å². The minimum atomic E-state index is -3.72. The van der Waals surface area contributed by atoms with Gasteiger partial charge in [-0.15, -0.1) is 0 Å². The summed E-state index contributed by atoms with van der Waals surface area (Å²) < 4.78 is 26.2. The van der Waals surface area contributed by atoms with E-state index in [4.69, 9.17) is 5.73 Å². The Hall–Kier alpha value is -1.58. The molecule has 1 heterocycles. The van der Waals surface area contributed by atoms with Crippen molar-refractivity contribution < 1.29 is 13.3 Å². The summed E-state index contributed by atoms with van der Waals surface area (Å²) in [5.41, 5.74) is 5.80. The van der Waals surface area contributed by atoms with E-state index in [0.29, 0.717) is 5.92 Å². The molecule has 0 aliphatic heterocycles. The van der Waals surface area contributed by atoms with Crippen LogP contribution in [0, 0.1) is 16.0 Å². The van der Waals surface area contributed by atoms with Crippen LogP contribution in [0.15, 0.2) is 23.2 Å². The average molecular weight is 286 g/mol. The first kappa shape index (κ1) is 13.8. The maximum absolute atomic E-state index is 11.9. The topological polar surface area (TPSA) is 128 Å². The highest BCUT2D eigenvalue weighted by atomic mass is 32.2. The minimum Gasteiger partial charge on any atom is -0.358 e. The highest BCUT2D eigenvalue weighted by Crippen LogP contribution is 2.31. The molecule has 0 amide bonds. The zero-order valence-electron chi connectivity index (χ0n) is 10.0. The maximum Gasteiger partial charge on any atom is 0.363 e. The maximum atomic E-state index is 11.9. The van der Waals surface area contributed by atoms with E-state index in [1.165, 1.54) is 0 Å². The molecule has 1 atom stereocenters. The van der Waals surface area contributed by atoms with Crippen molar-refractivity contribution in [3.8, 4) is 0 Å². The minimum absolute atomic E-state index is 0.110. The van der Waals surface area contributed by atoms with E-state index in [0.717, 1.165) is 31.2 Å². The number of rotatable bonds is 6. The molecule has 1 aliphatic carbocycles.